The first-order chi connectivity index (χ1) is 38.4. The standard InChI is InChI=1S/C75H108O3/c1-7-10-13-16-19-22-25-28-31-34-37-40-43-49-67-52-46-55-70(58-67)76-61-73-64(4)74(62-77-71-56-47-53-68(59-71)50-44-41-38-35-32-29-26-23-20-17-14-11-8-2)66(6)75(65(73)5)63-78-72-57-48-54-69(60-72)51-45-42-39-36-33-30-27-24-21-18-15-12-9-3/h13-18,22-27,46-48,52-60H,7-12,19-21,28-45,49-51,61-63H2,1-6H3/b16-13-,17-14-,18-15-,25-22-,26-23-,27-24-. The van der Waals surface area contributed by atoms with Gasteiger partial charge in [0.25, 0.3) is 0 Å². The minimum atomic E-state index is 0.497. The molecule has 426 valence electrons. The molecule has 4 rings (SSSR count). The minimum Gasteiger partial charge on any atom is -0.489 e. The van der Waals surface area contributed by atoms with Crippen LogP contribution >= 0.6 is 0 Å². The summed E-state index contributed by atoms with van der Waals surface area (Å²) in [5.74, 6) is 2.80. The number of unbranched alkanes of at least 4 members (excludes halogenated alkanes) is 18. The van der Waals surface area contributed by atoms with Crippen molar-refractivity contribution in [3.63, 3.8) is 0 Å². The van der Waals surface area contributed by atoms with E-state index in [-0.39, 0.29) is 0 Å². The molecule has 0 saturated heterocycles. The van der Waals surface area contributed by atoms with E-state index >= 15 is 0 Å². The van der Waals surface area contributed by atoms with E-state index in [1.165, 1.54) is 204 Å². The van der Waals surface area contributed by atoms with Gasteiger partial charge in [0.2, 0.25) is 0 Å². The molecule has 0 bridgehead atoms. The van der Waals surface area contributed by atoms with E-state index in [1.54, 1.807) is 0 Å². The molecule has 3 nitrogen and oxygen atoms in total. The van der Waals surface area contributed by atoms with Crippen molar-refractivity contribution in [3.8, 4) is 17.2 Å². The maximum Gasteiger partial charge on any atom is 0.120 e. The summed E-state index contributed by atoms with van der Waals surface area (Å²) < 4.78 is 20.1. The highest BCUT2D eigenvalue weighted by molar-refractivity contribution is 5.51. The lowest BCUT2D eigenvalue weighted by atomic mass is 9.89. The molecule has 3 heteroatoms. The van der Waals surface area contributed by atoms with Gasteiger partial charge in [-0.1, -0.05) is 207 Å². The lowest BCUT2D eigenvalue weighted by molar-refractivity contribution is 0.289. The van der Waals surface area contributed by atoms with Gasteiger partial charge in [-0.05, 0) is 223 Å². The van der Waals surface area contributed by atoms with Crippen LogP contribution < -0.4 is 14.2 Å². The largest absolute Gasteiger partial charge is 0.489 e. The van der Waals surface area contributed by atoms with E-state index in [4.69, 9.17) is 14.2 Å². The first kappa shape index (κ1) is 65.2. The van der Waals surface area contributed by atoms with E-state index < -0.39 is 0 Å². The number of ether oxygens (including phenoxy) is 3. The molecule has 0 radical (unpaired) electrons. The maximum atomic E-state index is 6.72. The van der Waals surface area contributed by atoms with E-state index in [1.807, 2.05) is 0 Å². The van der Waals surface area contributed by atoms with Crippen LogP contribution in [0.25, 0.3) is 0 Å². The third kappa shape index (κ3) is 29.1. The first-order valence-electron chi connectivity index (χ1n) is 31.6. The van der Waals surface area contributed by atoms with Crippen LogP contribution in [0, 0.1) is 20.8 Å². The van der Waals surface area contributed by atoms with E-state index in [2.05, 4.69) is 187 Å². The molecule has 0 aromatic heterocycles. The van der Waals surface area contributed by atoms with Gasteiger partial charge in [-0.3, -0.25) is 0 Å². The highest BCUT2D eigenvalue weighted by Crippen LogP contribution is 2.32. The smallest absolute Gasteiger partial charge is 0.120 e. The lowest BCUT2D eigenvalue weighted by Crippen LogP contribution is -2.13. The van der Waals surface area contributed by atoms with E-state index in [0.29, 0.717) is 19.8 Å². The van der Waals surface area contributed by atoms with Crippen LogP contribution in [0.4, 0.5) is 0 Å². The van der Waals surface area contributed by atoms with Crippen molar-refractivity contribution in [1.82, 2.24) is 0 Å². The van der Waals surface area contributed by atoms with Gasteiger partial charge in [-0.25, -0.2) is 0 Å². The number of rotatable bonds is 45. The molecule has 0 aliphatic carbocycles. The second kappa shape index (κ2) is 43.6. The van der Waals surface area contributed by atoms with Crippen molar-refractivity contribution in [3.05, 3.63) is 196 Å². The SMILES string of the molecule is CCC/C=C\C/C=C\CCCCCCCc1cccc(OCc2c(C)c(COc3cccc(CCCCCCC/C=C\C/C=C\CCC)c3)c(C)c(COc3cccc(CCCCCCC/C=C\C/C=C\CCC)c3)c2C)c1. The molecule has 4 aromatic carbocycles. The number of hydrogen-bond acceptors (Lipinski definition) is 3. The molecule has 0 N–H and O–H groups in total. The zero-order valence-electron chi connectivity index (χ0n) is 50.4. The molecular formula is C75H108O3. The van der Waals surface area contributed by atoms with Crippen molar-refractivity contribution >= 4 is 0 Å². The van der Waals surface area contributed by atoms with Gasteiger partial charge in [-0.15, -0.1) is 0 Å². The highest BCUT2D eigenvalue weighted by atomic mass is 16.5. The fourth-order valence-corrected chi connectivity index (χ4v) is 10.3. The third-order valence-electron chi connectivity index (χ3n) is 15.3. The van der Waals surface area contributed by atoms with Crippen LogP contribution in [0.5, 0.6) is 17.2 Å². The van der Waals surface area contributed by atoms with Gasteiger partial charge < -0.3 is 14.2 Å². The van der Waals surface area contributed by atoms with Crippen LogP contribution in [0.3, 0.4) is 0 Å². The summed E-state index contributed by atoms with van der Waals surface area (Å²) in [5, 5.41) is 0. The second-order valence-corrected chi connectivity index (χ2v) is 21.9. The molecular weight excluding hydrogens is 949 g/mol. The fraction of sp³-hybridized carbons (Fsp3) is 0.520. The average Bonchev–Trinajstić information content (AvgIpc) is 3.48. The molecule has 0 spiro atoms. The zero-order chi connectivity index (χ0) is 55.4. The molecule has 78 heavy (non-hydrogen) atoms. The van der Waals surface area contributed by atoms with Gasteiger partial charge >= 0.3 is 0 Å². The molecule has 0 amide bonds. The van der Waals surface area contributed by atoms with Gasteiger partial charge in [-0.2, -0.15) is 0 Å². The van der Waals surface area contributed by atoms with Gasteiger partial charge in [0, 0.05) is 0 Å². The Morgan fingerprint density at radius 2 is 0.551 bits per heavy atom. The van der Waals surface area contributed by atoms with Crippen molar-refractivity contribution in [2.24, 2.45) is 0 Å². The fourth-order valence-electron chi connectivity index (χ4n) is 10.3. The van der Waals surface area contributed by atoms with Crippen LogP contribution in [0.15, 0.2) is 146 Å². The van der Waals surface area contributed by atoms with Crippen molar-refractivity contribution in [1.29, 1.82) is 0 Å². The van der Waals surface area contributed by atoms with Crippen molar-refractivity contribution in [2.45, 2.75) is 254 Å². The van der Waals surface area contributed by atoms with Gasteiger partial charge in [0.1, 0.15) is 37.1 Å². The predicted octanol–water partition coefficient (Wildman–Crippen LogP) is 22.9. The maximum absolute atomic E-state index is 6.72. The summed E-state index contributed by atoms with van der Waals surface area (Å²) in [6.07, 6.45) is 64.3. The average molecular weight is 1060 g/mol. The molecule has 4 aromatic rings. The molecule has 0 aliphatic rings. The normalized spacial score (nSPS) is 12.1. The molecule has 0 saturated carbocycles. The minimum absolute atomic E-state index is 0.497. The lowest BCUT2D eigenvalue weighted by Gasteiger charge is -2.23. The Hall–Kier alpha value is -5.28. The predicted molar refractivity (Wildman–Crippen MR) is 341 cm³/mol. The quantitative estimate of drug-likeness (QED) is 0.0326. The monoisotopic (exact) mass is 1060 g/mol. The number of aryl methyl sites for hydroxylation is 3. The van der Waals surface area contributed by atoms with Crippen LogP contribution in [0.2, 0.25) is 0 Å². The van der Waals surface area contributed by atoms with Crippen LogP contribution in [-0.2, 0) is 39.1 Å². The van der Waals surface area contributed by atoms with E-state index in [0.717, 1.165) is 55.8 Å². The van der Waals surface area contributed by atoms with Crippen LogP contribution in [0.1, 0.15) is 244 Å². The summed E-state index contributed by atoms with van der Waals surface area (Å²) in [6.45, 7) is 15.0. The number of benzene rings is 4. The van der Waals surface area contributed by atoms with Gasteiger partial charge in [0.05, 0.1) is 0 Å². The Morgan fingerprint density at radius 3 is 0.833 bits per heavy atom. The Bertz CT molecular complexity index is 2070. The Balaban J connectivity index is 1.35. The highest BCUT2D eigenvalue weighted by Gasteiger charge is 2.19. The number of hydrogen-bond donors (Lipinski definition) is 0. The summed E-state index contributed by atoms with van der Waals surface area (Å²) >= 11 is 0. The zero-order valence-corrected chi connectivity index (χ0v) is 50.4. The summed E-state index contributed by atoms with van der Waals surface area (Å²) in [6, 6.07) is 26.4. The van der Waals surface area contributed by atoms with Crippen molar-refractivity contribution < 1.29 is 14.2 Å². The molecule has 0 aliphatic heterocycles. The summed E-state index contributed by atoms with van der Waals surface area (Å²) in [5.41, 5.74) is 11.5. The summed E-state index contributed by atoms with van der Waals surface area (Å²) in [4.78, 5) is 0. The van der Waals surface area contributed by atoms with Gasteiger partial charge in [0.15, 0.2) is 0 Å². The Morgan fingerprint density at radius 1 is 0.295 bits per heavy atom. The Labute approximate surface area is 478 Å². The molecule has 0 heterocycles. The van der Waals surface area contributed by atoms with Crippen LogP contribution in [-0.4, -0.2) is 0 Å². The Kier molecular flexibility index (Phi) is 36.5. The van der Waals surface area contributed by atoms with E-state index in [9.17, 15) is 0 Å². The molecule has 0 atom stereocenters. The first-order valence-corrected chi connectivity index (χ1v) is 31.6. The topological polar surface area (TPSA) is 27.7 Å². The third-order valence-corrected chi connectivity index (χ3v) is 15.3. The number of allylic oxidation sites excluding steroid dienone is 12. The molecule has 0 unspecified atom stereocenters. The second-order valence-electron chi connectivity index (χ2n) is 21.9. The van der Waals surface area contributed by atoms with Crippen molar-refractivity contribution in [2.75, 3.05) is 0 Å². The molecule has 0 fully saturated rings. The summed E-state index contributed by atoms with van der Waals surface area (Å²) in [7, 11) is 0.